The summed E-state index contributed by atoms with van der Waals surface area (Å²) in [5.41, 5.74) is 3.57. The predicted octanol–water partition coefficient (Wildman–Crippen LogP) is 4.96. The SMILES string of the molecule is Oc1ccc2cc(-c3ccc4ccc(Cl)cc4n3)cc-2o1. The predicted molar refractivity (Wildman–Crippen MR) is 82.7 cm³/mol. The first-order valence-corrected chi connectivity index (χ1v) is 6.86. The molecule has 0 unspecified atom stereocenters. The third-order valence-corrected chi connectivity index (χ3v) is 3.69. The van der Waals surface area contributed by atoms with Crippen molar-refractivity contribution in [2.45, 2.75) is 0 Å². The second-order valence-corrected chi connectivity index (χ2v) is 5.31. The molecule has 0 amide bonds. The van der Waals surface area contributed by atoms with E-state index in [1.807, 2.05) is 48.5 Å². The van der Waals surface area contributed by atoms with Crippen molar-refractivity contribution < 1.29 is 9.52 Å². The van der Waals surface area contributed by atoms with Gasteiger partial charge >= 0.3 is 0 Å². The molecule has 4 rings (SSSR count). The van der Waals surface area contributed by atoms with Crippen LogP contribution in [0.25, 0.3) is 33.5 Å². The van der Waals surface area contributed by atoms with Crippen LogP contribution in [0.4, 0.5) is 0 Å². The van der Waals surface area contributed by atoms with Crippen molar-refractivity contribution in [3.05, 3.63) is 59.6 Å². The first kappa shape index (κ1) is 12.2. The van der Waals surface area contributed by atoms with Crippen molar-refractivity contribution in [3.8, 4) is 28.5 Å². The van der Waals surface area contributed by atoms with Crippen LogP contribution in [0, 0.1) is 0 Å². The van der Waals surface area contributed by atoms with Crippen LogP contribution in [0.2, 0.25) is 5.02 Å². The number of hydrogen-bond acceptors (Lipinski definition) is 3. The quantitative estimate of drug-likeness (QED) is 0.540. The summed E-state index contributed by atoms with van der Waals surface area (Å²) in [6.45, 7) is 0. The average Bonchev–Trinajstić information content (AvgIpc) is 2.89. The number of aromatic hydroxyl groups is 1. The Morgan fingerprint density at radius 2 is 1.76 bits per heavy atom. The van der Waals surface area contributed by atoms with Gasteiger partial charge in [-0.1, -0.05) is 23.7 Å². The molecule has 1 N–H and O–H groups in total. The Morgan fingerprint density at radius 1 is 0.905 bits per heavy atom. The molecule has 4 heteroatoms. The van der Waals surface area contributed by atoms with Gasteiger partial charge in [0.2, 0.25) is 0 Å². The highest BCUT2D eigenvalue weighted by molar-refractivity contribution is 6.31. The Kier molecular flexibility index (Phi) is 2.62. The minimum Gasteiger partial charge on any atom is -0.481 e. The van der Waals surface area contributed by atoms with E-state index in [4.69, 9.17) is 16.0 Å². The summed E-state index contributed by atoms with van der Waals surface area (Å²) >= 11 is 6.02. The van der Waals surface area contributed by atoms with Gasteiger partial charge in [-0.05, 0) is 36.4 Å². The molecule has 3 nitrogen and oxygen atoms in total. The molecule has 102 valence electrons. The molecule has 2 aromatic rings. The van der Waals surface area contributed by atoms with Gasteiger partial charge in [0.25, 0.3) is 5.95 Å². The third kappa shape index (κ3) is 2.12. The number of rotatable bonds is 1. The number of nitrogens with zero attached hydrogens (tertiary/aromatic N) is 1. The molecule has 1 aromatic carbocycles. The van der Waals surface area contributed by atoms with Crippen LogP contribution in [0.3, 0.4) is 0 Å². The molecule has 0 radical (unpaired) electrons. The van der Waals surface area contributed by atoms with E-state index in [-0.39, 0.29) is 5.95 Å². The molecule has 0 saturated carbocycles. The van der Waals surface area contributed by atoms with E-state index in [0.717, 1.165) is 27.7 Å². The van der Waals surface area contributed by atoms with Crippen molar-refractivity contribution in [1.82, 2.24) is 4.98 Å². The van der Waals surface area contributed by atoms with E-state index in [1.54, 1.807) is 0 Å². The lowest BCUT2D eigenvalue weighted by Crippen LogP contribution is -1.83. The first-order valence-electron chi connectivity index (χ1n) is 6.48. The van der Waals surface area contributed by atoms with E-state index in [1.165, 1.54) is 6.07 Å². The Morgan fingerprint density at radius 3 is 2.67 bits per heavy atom. The van der Waals surface area contributed by atoms with Gasteiger partial charge in [0.05, 0.1) is 11.2 Å². The van der Waals surface area contributed by atoms with Crippen LogP contribution in [0.15, 0.2) is 59.0 Å². The Labute approximate surface area is 125 Å². The Balaban J connectivity index is 1.89. The van der Waals surface area contributed by atoms with Crippen LogP contribution in [-0.2, 0) is 0 Å². The van der Waals surface area contributed by atoms with Crippen LogP contribution in [0.1, 0.15) is 0 Å². The lowest BCUT2D eigenvalue weighted by Gasteiger charge is -2.01. The number of benzene rings is 1. The standard InChI is InChI=1S/C17H10ClNO2/c18-13-4-1-10-2-5-14(19-15(10)9-13)12-7-11-3-6-17(20)21-16(11)8-12/h1-9,20H. The number of hydrogen-bond donors (Lipinski definition) is 1. The van der Waals surface area contributed by atoms with Crippen molar-refractivity contribution >= 4 is 22.5 Å². The summed E-state index contributed by atoms with van der Waals surface area (Å²) in [4.78, 5) is 4.64. The summed E-state index contributed by atoms with van der Waals surface area (Å²) in [7, 11) is 0. The largest absolute Gasteiger partial charge is 0.481 e. The van der Waals surface area contributed by atoms with E-state index in [0.29, 0.717) is 10.8 Å². The topological polar surface area (TPSA) is 46.3 Å². The van der Waals surface area contributed by atoms with Gasteiger partial charge in [0, 0.05) is 27.6 Å². The first-order chi connectivity index (χ1) is 10.2. The summed E-state index contributed by atoms with van der Waals surface area (Å²) < 4.78 is 5.28. The maximum absolute atomic E-state index is 9.38. The van der Waals surface area contributed by atoms with Gasteiger partial charge < -0.3 is 9.52 Å². The Hall–Kier alpha value is -2.52. The zero-order valence-electron chi connectivity index (χ0n) is 10.9. The van der Waals surface area contributed by atoms with Gasteiger partial charge in [-0.2, -0.15) is 0 Å². The third-order valence-electron chi connectivity index (χ3n) is 3.45. The fraction of sp³-hybridized carbons (Fsp3) is 0. The van der Waals surface area contributed by atoms with E-state index < -0.39 is 0 Å². The minimum atomic E-state index is -0.0992. The van der Waals surface area contributed by atoms with Gasteiger partial charge in [0.1, 0.15) is 5.76 Å². The van der Waals surface area contributed by atoms with Crippen molar-refractivity contribution in [1.29, 1.82) is 0 Å². The number of fused-ring (bicyclic) bond motifs is 2. The van der Waals surface area contributed by atoms with E-state index in [2.05, 4.69) is 4.98 Å². The second-order valence-electron chi connectivity index (χ2n) is 4.87. The number of halogens is 1. The highest BCUT2D eigenvalue weighted by Gasteiger charge is 2.12. The lowest BCUT2D eigenvalue weighted by molar-refractivity contribution is 0.329. The normalized spacial score (nSPS) is 11.3. The summed E-state index contributed by atoms with van der Waals surface area (Å²) in [5, 5.41) is 11.1. The summed E-state index contributed by atoms with van der Waals surface area (Å²) in [5.74, 6) is 0.538. The molecule has 0 fully saturated rings. The summed E-state index contributed by atoms with van der Waals surface area (Å²) in [6, 6.07) is 16.8. The van der Waals surface area contributed by atoms with Gasteiger partial charge in [-0.15, -0.1) is 0 Å². The molecule has 1 aliphatic heterocycles. The molecule has 2 heterocycles. The highest BCUT2D eigenvalue weighted by atomic mass is 35.5. The van der Waals surface area contributed by atoms with Crippen LogP contribution in [-0.4, -0.2) is 10.1 Å². The highest BCUT2D eigenvalue weighted by Crippen LogP contribution is 2.34. The summed E-state index contributed by atoms with van der Waals surface area (Å²) in [6.07, 6.45) is 0. The number of pyridine rings is 1. The van der Waals surface area contributed by atoms with Gasteiger partial charge in [0.15, 0.2) is 0 Å². The van der Waals surface area contributed by atoms with E-state index >= 15 is 0 Å². The molecular formula is C17H10ClNO2. The van der Waals surface area contributed by atoms with Crippen molar-refractivity contribution in [3.63, 3.8) is 0 Å². The molecule has 0 saturated heterocycles. The molecule has 0 spiro atoms. The van der Waals surface area contributed by atoms with Gasteiger partial charge in [-0.3, -0.25) is 0 Å². The molecule has 1 aromatic heterocycles. The zero-order valence-corrected chi connectivity index (χ0v) is 11.6. The minimum absolute atomic E-state index is 0.0992. The molecule has 21 heavy (non-hydrogen) atoms. The fourth-order valence-corrected chi connectivity index (χ4v) is 2.60. The van der Waals surface area contributed by atoms with Crippen LogP contribution >= 0.6 is 11.6 Å². The van der Waals surface area contributed by atoms with Gasteiger partial charge in [-0.25, -0.2) is 4.98 Å². The lowest BCUT2D eigenvalue weighted by atomic mass is 10.1. The number of aromatic nitrogens is 1. The molecule has 2 aliphatic rings. The molecular weight excluding hydrogens is 286 g/mol. The second kappa shape index (κ2) is 4.50. The average molecular weight is 296 g/mol. The maximum atomic E-state index is 9.38. The van der Waals surface area contributed by atoms with Crippen LogP contribution in [0.5, 0.6) is 5.95 Å². The fourth-order valence-electron chi connectivity index (χ4n) is 2.43. The smallest absolute Gasteiger partial charge is 0.282 e. The van der Waals surface area contributed by atoms with Crippen molar-refractivity contribution in [2.24, 2.45) is 0 Å². The monoisotopic (exact) mass is 295 g/mol. The Bertz CT molecular complexity index is 929. The van der Waals surface area contributed by atoms with Crippen molar-refractivity contribution in [2.75, 3.05) is 0 Å². The van der Waals surface area contributed by atoms with E-state index in [9.17, 15) is 5.11 Å². The van der Waals surface area contributed by atoms with Crippen LogP contribution < -0.4 is 0 Å². The zero-order chi connectivity index (χ0) is 14.4. The maximum Gasteiger partial charge on any atom is 0.282 e. The molecule has 0 atom stereocenters. The molecule has 0 bridgehead atoms. The molecule has 1 aliphatic carbocycles.